The number of hydrogen-bond donors (Lipinski definition) is 0. The van der Waals surface area contributed by atoms with Gasteiger partial charge in [0, 0.05) is 12.4 Å². The summed E-state index contributed by atoms with van der Waals surface area (Å²) in [5, 5.41) is 0. The Morgan fingerprint density at radius 3 is 2.77 bits per heavy atom. The van der Waals surface area contributed by atoms with Gasteiger partial charge in [0.05, 0.1) is 17.6 Å². The van der Waals surface area contributed by atoms with Crippen molar-refractivity contribution in [2.45, 2.75) is 13.5 Å². The van der Waals surface area contributed by atoms with Gasteiger partial charge in [0.2, 0.25) is 0 Å². The molecule has 0 aliphatic heterocycles. The highest BCUT2D eigenvalue weighted by Gasteiger charge is 2.07. The molecule has 0 saturated heterocycles. The van der Waals surface area contributed by atoms with Crippen molar-refractivity contribution in [2.24, 2.45) is 0 Å². The quantitative estimate of drug-likeness (QED) is 0.658. The lowest BCUT2D eigenvalue weighted by Gasteiger charge is -2.01. The summed E-state index contributed by atoms with van der Waals surface area (Å²) in [5.41, 5.74) is 0.500. The van der Waals surface area contributed by atoms with Gasteiger partial charge in [-0.05, 0) is 6.92 Å². The summed E-state index contributed by atoms with van der Waals surface area (Å²) in [6.07, 6.45) is 4.46. The van der Waals surface area contributed by atoms with Gasteiger partial charge in [0.15, 0.2) is 0 Å². The van der Waals surface area contributed by atoms with Gasteiger partial charge < -0.3 is 0 Å². The molecule has 0 amide bonds. The number of rotatable bonds is 4. The summed E-state index contributed by atoms with van der Waals surface area (Å²) in [5.74, 6) is -0.0345. The first-order valence-corrected chi connectivity index (χ1v) is 5.34. The number of nitrogens with zero attached hydrogens (tertiary/aromatic N) is 2. The van der Waals surface area contributed by atoms with Crippen molar-refractivity contribution >= 4 is 10.1 Å². The fourth-order valence-electron chi connectivity index (χ4n) is 0.638. The van der Waals surface area contributed by atoms with Crippen LogP contribution in [0.2, 0.25) is 0 Å². The Morgan fingerprint density at radius 2 is 2.23 bits per heavy atom. The predicted octanol–water partition coefficient (Wildman–Crippen LogP) is 0.343. The van der Waals surface area contributed by atoms with Gasteiger partial charge in [-0.3, -0.25) is 14.2 Å². The molecule has 0 N–H and O–H groups in total. The monoisotopic (exact) mass is 202 g/mol. The highest BCUT2D eigenvalue weighted by molar-refractivity contribution is 7.86. The second kappa shape index (κ2) is 4.29. The molecule has 0 aliphatic carbocycles. The number of aromatic nitrogens is 2. The fourth-order valence-corrected chi connectivity index (χ4v) is 1.10. The van der Waals surface area contributed by atoms with Crippen molar-refractivity contribution in [3.05, 3.63) is 24.3 Å². The van der Waals surface area contributed by atoms with Crippen molar-refractivity contribution in [2.75, 3.05) is 5.75 Å². The van der Waals surface area contributed by atoms with Gasteiger partial charge in [-0.15, -0.1) is 0 Å². The van der Waals surface area contributed by atoms with Crippen LogP contribution in [-0.4, -0.2) is 24.1 Å². The van der Waals surface area contributed by atoms with Crippen LogP contribution in [-0.2, 0) is 20.9 Å². The Hall–Kier alpha value is -1.01. The molecule has 0 radical (unpaired) electrons. The molecule has 0 saturated carbocycles. The van der Waals surface area contributed by atoms with E-state index in [0.717, 1.165) is 0 Å². The average molecular weight is 202 g/mol. The molecule has 0 spiro atoms. The fraction of sp³-hybridized carbons (Fsp3) is 0.429. The smallest absolute Gasteiger partial charge is 0.264 e. The van der Waals surface area contributed by atoms with E-state index in [-0.39, 0.29) is 12.4 Å². The van der Waals surface area contributed by atoms with Crippen LogP contribution < -0.4 is 0 Å². The Bertz CT molecular complexity index is 349. The summed E-state index contributed by atoms with van der Waals surface area (Å²) in [6.45, 7) is 1.47. The molecule has 0 atom stereocenters. The lowest BCUT2D eigenvalue weighted by molar-refractivity contribution is 0.304. The van der Waals surface area contributed by atoms with Crippen LogP contribution in [0.1, 0.15) is 12.6 Å². The van der Waals surface area contributed by atoms with Gasteiger partial charge in [0.25, 0.3) is 10.1 Å². The second-order valence-electron chi connectivity index (χ2n) is 2.31. The number of hydrogen-bond acceptors (Lipinski definition) is 5. The SMILES string of the molecule is CCS(=O)(=O)OCc1cnccn1. The first-order valence-electron chi connectivity index (χ1n) is 3.76. The summed E-state index contributed by atoms with van der Waals surface area (Å²) in [7, 11) is -3.39. The van der Waals surface area contributed by atoms with Crippen LogP contribution in [0.4, 0.5) is 0 Å². The molecule has 5 nitrogen and oxygen atoms in total. The maximum absolute atomic E-state index is 10.9. The van der Waals surface area contributed by atoms with Crippen molar-refractivity contribution in [3.8, 4) is 0 Å². The van der Waals surface area contributed by atoms with E-state index in [1.807, 2.05) is 0 Å². The van der Waals surface area contributed by atoms with Crippen LogP contribution in [0.3, 0.4) is 0 Å². The van der Waals surface area contributed by atoms with E-state index in [4.69, 9.17) is 0 Å². The topological polar surface area (TPSA) is 69.2 Å². The second-order valence-corrected chi connectivity index (χ2v) is 4.23. The Labute approximate surface area is 76.9 Å². The van der Waals surface area contributed by atoms with E-state index >= 15 is 0 Å². The van der Waals surface area contributed by atoms with Crippen molar-refractivity contribution in [1.29, 1.82) is 0 Å². The zero-order valence-electron chi connectivity index (χ0n) is 7.17. The van der Waals surface area contributed by atoms with Crippen LogP contribution in [0.25, 0.3) is 0 Å². The molecule has 1 aromatic heterocycles. The van der Waals surface area contributed by atoms with Gasteiger partial charge in [-0.2, -0.15) is 8.42 Å². The van der Waals surface area contributed by atoms with E-state index in [2.05, 4.69) is 14.2 Å². The molecule has 13 heavy (non-hydrogen) atoms. The maximum atomic E-state index is 10.9. The molecule has 1 rings (SSSR count). The molecule has 0 unspecified atom stereocenters. The first-order chi connectivity index (χ1) is 6.14. The summed E-state index contributed by atoms with van der Waals surface area (Å²) >= 11 is 0. The Kier molecular flexibility index (Phi) is 3.32. The van der Waals surface area contributed by atoms with Gasteiger partial charge in [-0.25, -0.2) is 0 Å². The van der Waals surface area contributed by atoms with Crippen LogP contribution in [0.15, 0.2) is 18.6 Å². The highest BCUT2D eigenvalue weighted by Crippen LogP contribution is 1.99. The minimum absolute atomic E-state index is 0.0345. The van der Waals surface area contributed by atoms with E-state index < -0.39 is 10.1 Å². The predicted molar refractivity (Wildman–Crippen MR) is 46.3 cm³/mol. The average Bonchev–Trinajstić information content (AvgIpc) is 2.17. The van der Waals surface area contributed by atoms with Crippen molar-refractivity contribution < 1.29 is 12.6 Å². The van der Waals surface area contributed by atoms with Crippen molar-refractivity contribution in [1.82, 2.24) is 9.97 Å². The van der Waals surface area contributed by atoms with E-state index in [9.17, 15) is 8.42 Å². The third-order valence-electron chi connectivity index (χ3n) is 1.36. The van der Waals surface area contributed by atoms with Gasteiger partial charge >= 0.3 is 0 Å². The molecule has 0 fully saturated rings. The zero-order valence-corrected chi connectivity index (χ0v) is 7.99. The summed E-state index contributed by atoms with van der Waals surface area (Å²) < 4.78 is 26.4. The van der Waals surface area contributed by atoms with Gasteiger partial charge in [0.1, 0.15) is 6.61 Å². The molecular formula is C7H10N2O3S. The molecule has 1 heterocycles. The normalized spacial score (nSPS) is 11.5. The molecule has 6 heteroatoms. The lowest BCUT2D eigenvalue weighted by Crippen LogP contribution is -2.08. The lowest BCUT2D eigenvalue weighted by atomic mass is 10.5. The van der Waals surface area contributed by atoms with E-state index in [1.165, 1.54) is 25.5 Å². The molecule has 0 bridgehead atoms. The minimum atomic E-state index is -3.39. The third kappa shape index (κ3) is 3.47. The first kappa shape index (κ1) is 10.1. The third-order valence-corrected chi connectivity index (χ3v) is 2.54. The maximum Gasteiger partial charge on any atom is 0.267 e. The molecule has 1 aromatic rings. The van der Waals surface area contributed by atoms with Crippen LogP contribution in [0.5, 0.6) is 0 Å². The van der Waals surface area contributed by atoms with Crippen LogP contribution >= 0.6 is 0 Å². The highest BCUT2D eigenvalue weighted by atomic mass is 32.2. The molecule has 0 aliphatic rings. The standard InChI is InChI=1S/C7H10N2O3S/c1-2-13(10,11)12-6-7-5-8-3-4-9-7/h3-5H,2,6H2,1H3. The zero-order chi connectivity index (χ0) is 9.73. The largest absolute Gasteiger partial charge is 0.267 e. The Morgan fingerprint density at radius 1 is 1.46 bits per heavy atom. The molecule has 0 aromatic carbocycles. The van der Waals surface area contributed by atoms with E-state index in [1.54, 1.807) is 0 Å². The van der Waals surface area contributed by atoms with E-state index in [0.29, 0.717) is 5.69 Å². The molecule has 72 valence electrons. The van der Waals surface area contributed by atoms with Crippen LogP contribution in [0, 0.1) is 0 Å². The minimum Gasteiger partial charge on any atom is -0.264 e. The Balaban J connectivity index is 2.54. The van der Waals surface area contributed by atoms with Crippen molar-refractivity contribution in [3.63, 3.8) is 0 Å². The molecular weight excluding hydrogens is 192 g/mol. The summed E-state index contributed by atoms with van der Waals surface area (Å²) in [6, 6.07) is 0. The summed E-state index contributed by atoms with van der Waals surface area (Å²) in [4.78, 5) is 7.64. The van der Waals surface area contributed by atoms with Gasteiger partial charge in [-0.1, -0.05) is 0 Å².